The fourth-order valence-corrected chi connectivity index (χ4v) is 1.36. The highest BCUT2D eigenvalue weighted by atomic mass is 32.2. The number of primary amides is 1. The molecule has 1 aromatic rings. The van der Waals surface area contributed by atoms with Gasteiger partial charge in [-0.05, 0) is 0 Å². The molecule has 0 aliphatic carbocycles. The molecule has 0 aliphatic heterocycles. The van der Waals surface area contributed by atoms with E-state index in [9.17, 15) is 26.4 Å². The number of hydrogen-bond donors (Lipinski definition) is 3. The van der Waals surface area contributed by atoms with Crippen molar-refractivity contribution in [1.29, 1.82) is 0 Å². The Balaban J connectivity index is 0.000000382. The molecule has 2 atom stereocenters. The van der Waals surface area contributed by atoms with Crippen LogP contribution in [-0.4, -0.2) is 42.1 Å². The molecule has 2 unspecified atom stereocenters. The van der Waals surface area contributed by atoms with Gasteiger partial charge in [0.25, 0.3) is 0 Å². The lowest BCUT2D eigenvalue weighted by molar-refractivity contribution is -0.137. The van der Waals surface area contributed by atoms with Gasteiger partial charge >= 0.3 is 6.18 Å². The average Bonchev–Trinajstić information content (AvgIpc) is 2.37. The Bertz CT molecular complexity index is 578. The van der Waals surface area contributed by atoms with Crippen molar-refractivity contribution in [2.45, 2.75) is 18.4 Å². The first-order chi connectivity index (χ1) is 9.55. The van der Waals surface area contributed by atoms with Crippen LogP contribution in [0.2, 0.25) is 0 Å². The minimum Gasteiger partial charge on any atom is -0.385 e. The summed E-state index contributed by atoms with van der Waals surface area (Å²) in [6.07, 6.45) is -7.86. The third-order valence-electron chi connectivity index (χ3n) is 1.97. The van der Waals surface area contributed by atoms with Crippen molar-refractivity contribution in [3.63, 3.8) is 0 Å². The zero-order chi connectivity index (χ0) is 16.6. The summed E-state index contributed by atoms with van der Waals surface area (Å²) in [7, 11) is -2.63. The fraction of sp³-hybridized carbons (Fsp3) is 0.273. The molecule has 0 heterocycles. The minimum absolute atomic E-state index is 0.370. The summed E-state index contributed by atoms with van der Waals surface area (Å²) in [6.45, 7) is 0. The molecule has 0 fully saturated rings. The number of amides is 1. The molecule has 0 radical (unpaired) electrons. The van der Waals surface area contributed by atoms with E-state index in [2.05, 4.69) is 5.73 Å². The van der Waals surface area contributed by atoms with Gasteiger partial charge in [-0.2, -0.15) is 21.6 Å². The van der Waals surface area contributed by atoms with Gasteiger partial charge in [-0.3, -0.25) is 4.79 Å². The number of benzene rings is 1. The number of hydrogen-bond acceptors (Lipinski definition) is 5. The van der Waals surface area contributed by atoms with Gasteiger partial charge in [0, 0.05) is 0 Å². The van der Waals surface area contributed by atoms with Crippen LogP contribution in [0.1, 0.15) is 5.56 Å². The molecule has 0 spiro atoms. The van der Waals surface area contributed by atoms with Crippen molar-refractivity contribution in [2.75, 3.05) is 0 Å². The predicted molar refractivity (Wildman–Crippen MR) is 67.6 cm³/mol. The average molecular weight is 327 g/mol. The first kappa shape index (κ1) is 19.1. The molecule has 0 bridgehead atoms. The topological polar surface area (TPSA) is 118 Å². The second kappa shape index (κ2) is 8.39. The summed E-state index contributed by atoms with van der Waals surface area (Å²) < 4.78 is 55.1. The minimum atomic E-state index is -4.21. The van der Waals surface area contributed by atoms with Crippen LogP contribution in [-0.2, 0) is 21.3 Å². The summed E-state index contributed by atoms with van der Waals surface area (Å²) in [5.41, 5.74) is 3.94. The molecule has 4 N–H and O–H groups in total. The monoisotopic (exact) mass is 327 g/mol. The van der Waals surface area contributed by atoms with E-state index in [-0.39, 0.29) is 0 Å². The lowest BCUT2D eigenvalue weighted by atomic mass is 10.2. The summed E-state index contributed by atoms with van der Waals surface area (Å²) in [4.78, 5) is 10.1. The van der Waals surface area contributed by atoms with Gasteiger partial charge < -0.3 is 15.9 Å². The predicted octanol–water partition coefficient (Wildman–Crippen LogP) is -0.420. The van der Waals surface area contributed by atoms with E-state index in [1.807, 2.05) is 0 Å². The van der Waals surface area contributed by atoms with E-state index in [1.165, 1.54) is 12.1 Å². The van der Waals surface area contributed by atoms with Gasteiger partial charge in [0.1, 0.15) is 6.10 Å². The second-order valence-electron chi connectivity index (χ2n) is 3.60. The SMILES string of the molecule is FC(F)(F)c1ccccc1.NC(=O)C(O)C(O)C=S(=O)=O. The first-order valence-electron chi connectivity index (χ1n) is 5.26. The highest BCUT2D eigenvalue weighted by Crippen LogP contribution is 2.28. The molecule has 1 amide bonds. The maximum atomic E-state index is 11.8. The maximum absolute atomic E-state index is 11.8. The molecule has 6 nitrogen and oxygen atoms in total. The van der Waals surface area contributed by atoms with E-state index in [0.717, 1.165) is 12.1 Å². The number of rotatable bonds is 3. The fourth-order valence-electron chi connectivity index (χ4n) is 0.984. The third-order valence-corrected chi connectivity index (χ3v) is 2.47. The van der Waals surface area contributed by atoms with E-state index >= 15 is 0 Å². The smallest absolute Gasteiger partial charge is 0.385 e. The molecular formula is C11H12F3NO5S. The lowest BCUT2D eigenvalue weighted by Crippen LogP contribution is -2.39. The Hall–Kier alpha value is -1.91. The number of carbonyl (C=O) groups is 1. The molecule has 21 heavy (non-hydrogen) atoms. The Morgan fingerprint density at radius 2 is 1.67 bits per heavy atom. The Morgan fingerprint density at radius 3 is 1.95 bits per heavy atom. The standard InChI is InChI=1S/C7H5F3.C4H7NO5S/c8-7(9,10)6-4-2-1-3-5-6;5-4(8)3(7)2(6)1-11(9)10/h1-5H;1-3,6-7H,(H2,5,8). The molecular weight excluding hydrogens is 315 g/mol. The lowest BCUT2D eigenvalue weighted by Gasteiger charge is -2.07. The summed E-state index contributed by atoms with van der Waals surface area (Å²) in [5.74, 6) is -1.18. The number of aliphatic hydroxyl groups is 2. The molecule has 0 saturated carbocycles. The van der Waals surface area contributed by atoms with E-state index in [4.69, 9.17) is 10.2 Å². The maximum Gasteiger partial charge on any atom is 0.416 e. The van der Waals surface area contributed by atoms with Crippen LogP contribution in [0.15, 0.2) is 30.3 Å². The van der Waals surface area contributed by atoms with Gasteiger partial charge in [0.15, 0.2) is 6.10 Å². The number of halogens is 3. The van der Waals surface area contributed by atoms with Crippen LogP contribution in [0, 0.1) is 0 Å². The van der Waals surface area contributed by atoms with Crippen LogP contribution in [0.5, 0.6) is 0 Å². The second-order valence-corrected chi connectivity index (χ2v) is 4.39. The van der Waals surface area contributed by atoms with Crippen LogP contribution in [0.3, 0.4) is 0 Å². The number of carbonyl (C=O) groups excluding carboxylic acids is 1. The Labute approximate surface area is 119 Å². The molecule has 10 heteroatoms. The van der Waals surface area contributed by atoms with E-state index in [1.54, 1.807) is 6.07 Å². The van der Waals surface area contributed by atoms with Crippen LogP contribution >= 0.6 is 0 Å². The van der Waals surface area contributed by atoms with Crippen molar-refractivity contribution in [3.8, 4) is 0 Å². The van der Waals surface area contributed by atoms with Crippen molar-refractivity contribution in [1.82, 2.24) is 0 Å². The van der Waals surface area contributed by atoms with Crippen LogP contribution in [0.4, 0.5) is 13.2 Å². The van der Waals surface area contributed by atoms with Gasteiger partial charge in [0.2, 0.25) is 16.2 Å². The quantitative estimate of drug-likeness (QED) is 0.652. The van der Waals surface area contributed by atoms with Crippen molar-refractivity contribution >= 4 is 21.6 Å². The summed E-state index contributed by atoms with van der Waals surface area (Å²) in [6, 6.07) is 6.36. The number of aliphatic hydroxyl groups excluding tert-OH is 2. The van der Waals surface area contributed by atoms with E-state index < -0.39 is 40.1 Å². The number of nitrogens with two attached hydrogens (primary N) is 1. The summed E-state index contributed by atoms with van der Waals surface area (Å²) in [5, 5.41) is 17.6. The summed E-state index contributed by atoms with van der Waals surface area (Å²) >= 11 is 0. The largest absolute Gasteiger partial charge is 0.416 e. The molecule has 0 saturated heterocycles. The zero-order valence-electron chi connectivity index (χ0n) is 10.4. The normalized spacial score (nSPS) is 13.4. The highest BCUT2D eigenvalue weighted by molar-refractivity contribution is 7.71. The molecule has 0 aliphatic rings. The molecule has 118 valence electrons. The van der Waals surface area contributed by atoms with Crippen molar-refractivity contribution < 1.29 is 36.6 Å². The Morgan fingerprint density at radius 1 is 1.19 bits per heavy atom. The molecule has 0 aromatic heterocycles. The van der Waals surface area contributed by atoms with Crippen LogP contribution < -0.4 is 5.73 Å². The van der Waals surface area contributed by atoms with Gasteiger partial charge in [0.05, 0.1) is 10.9 Å². The van der Waals surface area contributed by atoms with Gasteiger partial charge in [-0.25, -0.2) is 0 Å². The van der Waals surface area contributed by atoms with Crippen LogP contribution in [0.25, 0.3) is 0 Å². The first-order valence-corrected chi connectivity index (χ1v) is 6.40. The Kier molecular flexibility index (Phi) is 7.63. The van der Waals surface area contributed by atoms with Crippen molar-refractivity contribution in [3.05, 3.63) is 35.9 Å². The van der Waals surface area contributed by atoms with Gasteiger partial charge in [-0.15, -0.1) is 0 Å². The molecule has 1 rings (SSSR count). The molecule has 1 aromatic carbocycles. The highest BCUT2D eigenvalue weighted by Gasteiger charge is 2.29. The van der Waals surface area contributed by atoms with Gasteiger partial charge in [-0.1, -0.05) is 30.3 Å². The van der Waals surface area contributed by atoms with Crippen molar-refractivity contribution in [2.24, 2.45) is 5.73 Å². The third kappa shape index (κ3) is 8.07. The van der Waals surface area contributed by atoms with E-state index in [0.29, 0.717) is 5.37 Å². The zero-order valence-corrected chi connectivity index (χ0v) is 11.2. The number of alkyl halides is 3.